The van der Waals surface area contributed by atoms with E-state index in [9.17, 15) is 4.79 Å². The first-order valence-electron chi connectivity index (χ1n) is 6.27. The van der Waals surface area contributed by atoms with Crippen LogP contribution in [-0.2, 0) is 6.42 Å². The van der Waals surface area contributed by atoms with Crippen LogP contribution in [0.5, 0.6) is 0 Å². The molecule has 0 atom stereocenters. The fourth-order valence-electron chi connectivity index (χ4n) is 2.27. The molecule has 0 aromatic heterocycles. The van der Waals surface area contributed by atoms with Crippen molar-refractivity contribution < 1.29 is 4.79 Å². The number of hydrogen-bond donors (Lipinski definition) is 1. The highest BCUT2D eigenvalue weighted by Gasteiger charge is 2.10. The molecule has 0 amide bonds. The molecule has 1 aliphatic rings. The van der Waals surface area contributed by atoms with Crippen LogP contribution in [0.1, 0.15) is 21.5 Å². The van der Waals surface area contributed by atoms with Gasteiger partial charge in [0.15, 0.2) is 0 Å². The number of nitrogens with zero attached hydrogens (tertiary/aromatic N) is 1. The molecular weight excluding hydrogens is 212 g/mol. The molecule has 1 heterocycles. The lowest BCUT2D eigenvalue weighted by atomic mass is 10.0. The normalized spacial score (nSPS) is 17.0. The molecule has 0 bridgehead atoms. The molecule has 1 aliphatic heterocycles. The summed E-state index contributed by atoms with van der Waals surface area (Å²) in [5.41, 5.74) is 3.17. The summed E-state index contributed by atoms with van der Waals surface area (Å²) in [7, 11) is 0. The smallest absolute Gasteiger partial charge is 0.150 e. The summed E-state index contributed by atoms with van der Waals surface area (Å²) < 4.78 is 0. The van der Waals surface area contributed by atoms with Gasteiger partial charge in [-0.15, -0.1) is 0 Å². The highest BCUT2D eigenvalue weighted by Crippen LogP contribution is 2.11. The number of nitrogens with one attached hydrogen (secondary N) is 1. The van der Waals surface area contributed by atoms with Crippen LogP contribution in [0.2, 0.25) is 0 Å². The van der Waals surface area contributed by atoms with Gasteiger partial charge in [-0.3, -0.25) is 4.79 Å². The van der Waals surface area contributed by atoms with E-state index < -0.39 is 0 Å². The Labute approximate surface area is 103 Å². The topological polar surface area (TPSA) is 32.3 Å². The molecule has 3 nitrogen and oxygen atoms in total. The van der Waals surface area contributed by atoms with Crippen LogP contribution in [0, 0.1) is 6.92 Å². The first kappa shape index (κ1) is 12.3. The van der Waals surface area contributed by atoms with Crippen LogP contribution >= 0.6 is 0 Å². The maximum atomic E-state index is 11.0. The number of aldehydes is 1. The zero-order chi connectivity index (χ0) is 12.1. The van der Waals surface area contributed by atoms with E-state index in [4.69, 9.17) is 0 Å². The Morgan fingerprint density at radius 3 is 2.82 bits per heavy atom. The van der Waals surface area contributed by atoms with Gasteiger partial charge in [-0.05, 0) is 25.0 Å². The maximum absolute atomic E-state index is 11.0. The lowest BCUT2D eigenvalue weighted by Crippen LogP contribution is -2.44. The Bertz CT molecular complexity index is 384. The van der Waals surface area contributed by atoms with Gasteiger partial charge in [0.25, 0.3) is 0 Å². The van der Waals surface area contributed by atoms with Crippen molar-refractivity contribution in [1.82, 2.24) is 10.2 Å². The predicted octanol–water partition coefficient (Wildman–Crippen LogP) is 1.26. The molecule has 0 saturated carbocycles. The van der Waals surface area contributed by atoms with Gasteiger partial charge >= 0.3 is 0 Å². The first-order chi connectivity index (χ1) is 8.29. The van der Waals surface area contributed by atoms with Gasteiger partial charge < -0.3 is 10.2 Å². The average molecular weight is 232 g/mol. The van der Waals surface area contributed by atoms with Gasteiger partial charge in [0, 0.05) is 38.3 Å². The summed E-state index contributed by atoms with van der Waals surface area (Å²) in [4.78, 5) is 13.5. The van der Waals surface area contributed by atoms with Gasteiger partial charge in [-0.2, -0.15) is 0 Å². The molecule has 1 fully saturated rings. The molecule has 2 rings (SSSR count). The minimum atomic E-state index is 0.847. The van der Waals surface area contributed by atoms with Crippen molar-refractivity contribution in [3.63, 3.8) is 0 Å². The molecule has 0 radical (unpaired) electrons. The Hall–Kier alpha value is -1.19. The third-order valence-electron chi connectivity index (χ3n) is 3.34. The lowest BCUT2D eigenvalue weighted by molar-refractivity contribution is 0.112. The third kappa shape index (κ3) is 3.38. The van der Waals surface area contributed by atoms with Crippen molar-refractivity contribution in [1.29, 1.82) is 0 Å². The number of benzene rings is 1. The summed E-state index contributed by atoms with van der Waals surface area (Å²) >= 11 is 0. The number of hydrogen-bond acceptors (Lipinski definition) is 3. The molecule has 1 aromatic carbocycles. The summed E-state index contributed by atoms with van der Waals surface area (Å²) in [5, 5.41) is 3.35. The second-order valence-electron chi connectivity index (χ2n) is 4.66. The monoisotopic (exact) mass is 232 g/mol. The largest absolute Gasteiger partial charge is 0.314 e. The highest BCUT2D eigenvalue weighted by atomic mass is 16.1. The standard InChI is InChI=1S/C14H20N2O/c1-12-2-3-13(14(10-12)11-17)4-7-16-8-5-15-6-9-16/h2-3,10-11,15H,4-9H2,1H3. The van der Waals surface area contributed by atoms with Crippen molar-refractivity contribution in [2.75, 3.05) is 32.7 Å². The molecule has 3 heteroatoms. The molecule has 92 valence electrons. The van der Waals surface area contributed by atoms with E-state index in [1.807, 2.05) is 13.0 Å². The summed E-state index contributed by atoms with van der Waals surface area (Å²) in [6.07, 6.45) is 1.94. The predicted molar refractivity (Wildman–Crippen MR) is 69.6 cm³/mol. The van der Waals surface area contributed by atoms with Crippen molar-refractivity contribution >= 4 is 6.29 Å². The molecule has 1 aromatic rings. The zero-order valence-electron chi connectivity index (χ0n) is 10.4. The summed E-state index contributed by atoms with van der Waals surface area (Å²) in [5.74, 6) is 0. The zero-order valence-corrected chi connectivity index (χ0v) is 10.4. The van der Waals surface area contributed by atoms with Crippen LogP contribution in [0.4, 0.5) is 0 Å². The maximum Gasteiger partial charge on any atom is 0.150 e. The van der Waals surface area contributed by atoms with Crippen LogP contribution in [0.25, 0.3) is 0 Å². The molecule has 0 spiro atoms. The van der Waals surface area contributed by atoms with Crippen molar-refractivity contribution in [2.45, 2.75) is 13.3 Å². The van der Waals surface area contributed by atoms with Gasteiger partial charge in [0.1, 0.15) is 6.29 Å². The quantitative estimate of drug-likeness (QED) is 0.793. The van der Waals surface area contributed by atoms with Crippen molar-refractivity contribution in [2.24, 2.45) is 0 Å². The molecular formula is C14H20N2O. The molecule has 0 unspecified atom stereocenters. The summed E-state index contributed by atoms with van der Waals surface area (Å²) in [6.45, 7) is 7.45. The number of carbonyl (C=O) groups excluding carboxylic acids is 1. The van der Waals surface area contributed by atoms with E-state index in [1.54, 1.807) is 0 Å². The van der Waals surface area contributed by atoms with Crippen LogP contribution in [-0.4, -0.2) is 43.9 Å². The first-order valence-corrected chi connectivity index (χ1v) is 6.27. The van der Waals surface area contributed by atoms with Crippen LogP contribution < -0.4 is 5.32 Å². The van der Waals surface area contributed by atoms with E-state index in [0.717, 1.165) is 56.6 Å². The van der Waals surface area contributed by atoms with Gasteiger partial charge in [0.2, 0.25) is 0 Å². The molecule has 1 saturated heterocycles. The Morgan fingerprint density at radius 2 is 2.12 bits per heavy atom. The van der Waals surface area contributed by atoms with E-state index in [-0.39, 0.29) is 0 Å². The number of piperazine rings is 1. The van der Waals surface area contributed by atoms with E-state index >= 15 is 0 Å². The van der Waals surface area contributed by atoms with Crippen LogP contribution in [0.3, 0.4) is 0 Å². The minimum absolute atomic E-state index is 0.847. The number of carbonyl (C=O) groups is 1. The van der Waals surface area contributed by atoms with Crippen LogP contribution in [0.15, 0.2) is 18.2 Å². The van der Waals surface area contributed by atoms with Crippen molar-refractivity contribution in [3.05, 3.63) is 34.9 Å². The Morgan fingerprint density at radius 1 is 1.35 bits per heavy atom. The molecule has 0 aliphatic carbocycles. The fourth-order valence-corrected chi connectivity index (χ4v) is 2.27. The Balaban J connectivity index is 1.95. The third-order valence-corrected chi connectivity index (χ3v) is 3.34. The van der Waals surface area contributed by atoms with E-state index in [0.29, 0.717) is 0 Å². The number of aryl methyl sites for hydroxylation is 1. The van der Waals surface area contributed by atoms with Gasteiger partial charge in [-0.1, -0.05) is 17.7 Å². The van der Waals surface area contributed by atoms with Crippen molar-refractivity contribution in [3.8, 4) is 0 Å². The SMILES string of the molecule is Cc1ccc(CCN2CCNCC2)c(C=O)c1. The molecule has 1 N–H and O–H groups in total. The lowest BCUT2D eigenvalue weighted by Gasteiger charge is -2.27. The van der Waals surface area contributed by atoms with Gasteiger partial charge in [0.05, 0.1) is 0 Å². The fraction of sp³-hybridized carbons (Fsp3) is 0.500. The minimum Gasteiger partial charge on any atom is -0.314 e. The number of rotatable bonds is 4. The highest BCUT2D eigenvalue weighted by molar-refractivity contribution is 5.77. The Kier molecular flexibility index (Phi) is 4.29. The van der Waals surface area contributed by atoms with Gasteiger partial charge in [-0.25, -0.2) is 0 Å². The second kappa shape index (κ2) is 5.94. The van der Waals surface area contributed by atoms with E-state index in [1.165, 1.54) is 5.56 Å². The van der Waals surface area contributed by atoms with E-state index in [2.05, 4.69) is 22.3 Å². The second-order valence-corrected chi connectivity index (χ2v) is 4.66. The summed E-state index contributed by atoms with van der Waals surface area (Å²) in [6, 6.07) is 6.14. The molecule has 17 heavy (non-hydrogen) atoms. The average Bonchev–Trinajstić information content (AvgIpc) is 2.38.